The molecule has 0 aliphatic heterocycles. The van der Waals surface area contributed by atoms with Gasteiger partial charge in [-0.3, -0.25) is 43.3 Å². The molecule has 1 heterocycles. The van der Waals surface area contributed by atoms with Crippen LogP contribution in [0.15, 0.2) is 17.5 Å². The molecule has 48 heavy (non-hydrogen) atoms. The van der Waals surface area contributed by atoms with E-state index < -0.39 is 97.0 Å². The number of aliphatic carboxylic acids is 1. The smallest absolute Gasteiger partial charge is 0.325 e. The lowest BCUT2D eigenvalue weighted by atomic mass is 10.1. The molecule has 0 aromatic carbocycles. The summed E-state index contributed by atoms with van der Waals surface area (Å²) in [5, 5.41) is 23.2. The molecule has 0 saturated heterocycles. The van der Waals surface area contributed by atoms with E-state index in [-0.39, 0.29) is 31.8 Å². The molecule has 0 aliphatic carbocycles. The molecule has 1 aromatic rings. The van der Waals surface area contributed by atoms with Gasteiger partial charge in [0.05, 0.1) is 25.8 Å². The number of H-pyrrole nitrogens is 1. The lowest BCUT2D eigenvalue weighted by Gasteiger charge is -2.24. The highest BCUT2D eigenvalue weighted by Gasteiger charge is 2.29. The van der Waals surface area contributed by atoms with Crippen molar-refractivity contribution >= 4 is 53.3 Å². The number of carboxylic acid groups (broad SMARTS) is 1. The van der Waals surface area contributed by atoms with Crippen molar-refractivity contribution in [3.05, 3.63) is 18.2 Å². The second-order valence-corrected chi connectivity index (χ2v) is 10.4. The monoisotopic (exact) mass is 681 g/mol. The first-order chi connectivity index (χ1) is 22.5. The number of aromatic amines is 1. The van der Waals surface area contributed by atoms with Gasteiger partial charge in [-0.1, -0.05) is 0 Å². The van der Waals surface area contributed by atoms with Crippen molar-refractivity contribution in [2.75, 3.05) is 19.6 Å². The fourth-order valence-electron chi connectivity index (χ4n) is 3.85. The number of carbonyl (C=O) groups is 8. The van der Waals surface area contributed by atoms with Crippen LogP contribution in [-0.2, 0) is 44.8 Å². The van der Waals surface area contributed by atoms with E-state index in [1.54, 1.807) is 0 Å². The molecule has 0 saturated carbocycles. The number of nitrogens with one attached hydrogen (secondary N) is 7. The Hall–Kier alpha value is -5.80. The van der Waals surface area contributed by atoms with Gasteiger partial charge in [-0.25, -0.2) is 4.98 Å². The fourth-order valence-corrected chi connectivity index (χ4v) is 3.85. The Labute approximate surface area is 274 Å². The van der Waals surface area contributed by atoms with E-state index in [0.717, 1.165) is 0 Å². The largest absolute Gasteiger partial charge is 0.480 e. The SMILES string of the molecule is C[C@H](NC(=O)[C@H](Cc1cnc[nH]1)NC(=O)[C@H](C)NC(=O)[C@H](CCCN=C(N)N)NC(=O)CNC(=O)[C@H](CC(N)=O)NC(=O)CN)C(=O)O. The van der Waals surface area contributed by atoms with Crippen LogP contribution in [0.1, 0.15) is 38.8 Å². The Balaban J connectivity index is 2.97. The molecule has 0 aliphatic rings. The van der Waals surface area contributed by atoms with Crippen LogP contribution in [0.5, 0.6) is 0 Å². The summed E-state index contributed by atoms with van der Waals surface area (Å²) in [6.07, 6.45) is 2.27. The summed E-state index contributed by atoms with van der Waals surface area (Å²) in [5.41, 5.74) is 21.4. The molecular weight excluding hydrogens is 638 g/mol. The second-order valence-electron chi connectivity index (χ2n) is 10.4. The minimum absolute atomic E-state index is 0.0224. The zero-order valence-corrected chi connectivity index (χ0v) is 26.4. The molecule has 0 unspecified atom stereocenters. The van der Waals surface area contributed by atoms with E-state index in [4.69, 9.17) is 28.0 Å². The van der Waals surface area contributed by atoms with E-state index in [2.05, 4.69) is 46.9 Å². The summed E-state index contributed by atoms with van der Waals surface area (Å²) >= 11 is 0. The molecule has 1 rings (SSSR count). The number of hydrogen-bond donors (Lipinski definition) is 12. The standard InChI is InChI=1S/C26H43N13O9/c1-12(21(43)39-16(6-14-9-31-11-34-14)24(46)36-13(2)25(47)48)35-23(45)15(4-3-5-32-26(29)30)37-20(42)10-33-22(44)17(7-18(28)40)38-19(41)8-27/h9,11-13,15-17H,3-8,10,27H2,1-2H3,(H2,28,40)(H,31,34)(H,33,44)(H,35,45)(H,36,46)(H,37,42)(H,38,41)(H,39,43)(H,47,48)(H4,29,30,32)/t12-,13-,15-,16-,17-/m0/s1. The van der Waals surface area contributed by atoms with Crippen LogP contribution in [0.25, 0.3) is 0 Å². The van der Waals surface area contributed by atoms with Gasteiger partial charge in [-0.15, -0.1) is 0 Å². The third-order valence-corrected chi connectivity index (χ3v) is 6.36. The van der Waals surface area contributed by atoms with Crippen molar-refractivity contribution in [3.63, 3.8) is 0 Å². The van der Waals surface area contributed by atoms with Gasteiger partial charge in [0.25, 0.3) is 0 Å². The number of aliphatic imine (C=N–C) groups is 1. The number of guanidine groups is 1. The molecule has 16 N–H and O–H groups in total. The summed E-state index contributed by atoms with van der Waals surface area (Å²) in [6.45, 7) is 1.48. The topological polar surface area (TPSA) is 374 Å². The van der Waals surface area contributed by atoms with Gasteiger partial charge in [0.2, 0.25) is 41.4 Å². The predicted octanol–water partition coefficient (Wildman–Crippen LogP) is -6.50. The van der Waals surface area contributed by atoms with Crippen molar-refractivity contribution in [2.45, 2.75) is 69.7 Å². The first kappa shape index (κ1) is 40.2. The molecule has 0 spiro atoms. The number of imidazole rings is 1. The van der Waals surface area contributed by atoms with Crippen LogP contribution in [0.2, 0.25) is 0 Å². The first-order valence-electron chi connectivity index (χ1n) is 14.5. The van der Waals surface area contributed by atoms with Gasteiger partial charge in [0, 0.05) is 24.9 Å². The van der Waals surface area contributed by atoms with Gasteiger partial charge < -0.3 is 64.9 Å². The van der Waals surface area contributed by atoms with Gasteiger partial charge in [0.1, 0.15) is 30.2 Å². The number of carbonyl (C=O) groups excluding carboxylic acids is 7. The van der Waals surface area contributed by atoms with Crippen molar-refractivity contribution in [1.29, 1.82) is 0 Å². The van der Waals surface area contributed by atoms with Gasteiger partial charge in [0.15, 0.2) is 5.96 Å². The number of hydrogen-bond acceptors (Lipinski definition) is 11. The third-order valence-electron chi connectivity index (χ3n) is 6.36. The molecule has 7 amide bonds. The van der Waals surface area contributed by atoms with Gasteiger partial charge in [-0.05, 0) is 26.7 Å². The minimum Gasteiger partial charge on any atom is -0.480 e. The maximum absolute atomic E-state index is 13.2. The predicted molar refractivity (Wildman–Crippen MR) is 167 cm³/mol. The van der Waals surface area contributed by atoms with Crippen LogP contribution < -0.4 is 54.8 Å². The quantitative estimate of drug-likeness (QED) is 0.0327. The molecule has 0 radical (unpaired) electrons. The Morgan fingerprint density at radius 3 is 2.02 bits per heavy atom. The number of nitrogens with two attached hydrogens (primary N) is 4. The van der Waals surface area contributed by atoms with Crippen LogP contribution in [0, 0.1) is 0 Å². The number of rotatable bonds is 21. The summed E-state index contributed by atoms with van der Waals surface area (Å²) in [4.78, 5) is 109. The van der Waals surface area contributed by atoms with E-state index in [1.807, 2.05) is 0 Å². The zero-order valence-electron chi connectivity index (χ0n) is 26.4. The maximum atomic E-state index is 13.2. The average Bonchev–Trinajstić information content (AvgIpc) is 3.53. The average molecular weight is 682 g/mol. The molecular formula is C26H43N13O9. The summed E-state index contributed by atoms with van der Waals surface area (Å²) in [6, 6.07) is -6.45. The first-order valence-corrected chi connectivity index (χ1v) is 14.5. The zero-order chi connectivity index (χ0) is 36.4. The van der Waals surface area contributed by atoms with Crippen LogP contribution >= 0.6 is 0 Å². The fraction of sp³-hybridized carbons (Fsp3) is 0.538. The van der Waals surface area contributed by atoms with E-state index in [0.29, 0.717) is 5.69 Å². The van der Waals surface area contributed by atoms with Crippen LogP contribution in [0.4, 0.5) is 0 Å². The number of primary amides is 1. The van der Waals surface area contributed by atoms with E-state index in [1.165, 1.54) is 26.4 Å². The minimum atomic E-state index is -1.41. The summed E-state index contributed by atoms with van der Waals surface area (Å²) in [7, 11) is 0. The van der Waals surface area contributed by atoms with E-state index in [9.17, 15) is 38.4 Å². The lowest BCUT2D eigenvalue weighted by Crippen LogP contribution is -2.57. The van der Waals surface area contributed by atoms with E-state index >= 15 is 0 Å². The number of carboxylic acids is 1. The van der Waals surface area contributed by atoms with Crippen molar-refractivity contribution in [2.24, 2.45) is 27.9 Å². The van der Waals surface area contributed by atoms with Crippen molar-refractivity contribution in [3.8, 4) is 0 Å². The normalized spacial score (nSPS) is 13.6. The summed E-state index contributed by atoms with van der Waals surface area (Å²) in [5.74, 6) is -7.37. The number of amides is 7. The molecule has 266 valence electrons. The third kappa shape index (κ3) is 15.5. The van der Waals surface area contributed by atoms with Gasteiger partial charge >= 0.3 is 5.97 Å². The number of aromatic nitrogens is 2. The van der Waals surface area contributed by atoms with Crippen LogP contribution in [0.3, 0.4) is 0 Å². The highest BCUT2D eigenvalue weighted by atomic mass is 16.4. The van der Waals surface area contributed by atoms with Crippen molar-refractivity contribution < 1.29 is 43.5 Å². The number of nitrogens with zero attached hydrogens (tertiary/aromatic N) is 2. The molecule has 22 nitrogen and oxygen atoms in total. The van der Waals surface area contributed by atoms with Crippen molar-refractivity contribution in [1.82, 2.24) is 41.9 Å². The molecule has 22 heteroatoms. The molecule has 0 bridgehead atoms. The Kier molecular flexibility index (Phi) is 17.1. The second kappa shape index (κ2) is 20.3. The maximum Gasteiger partial charge on any atom is 0.325 e. The Bertz CT molecular complexity index is 1330. The molecule has 1 aromatic heterocycles. The highest BCUT2D eigenvalue weighted by Crippen LogP contribution is 2.03. The lowest BCUT2D eigenvalue weighted by molar-refractivity contribution is -0.141. The molecule has 0 fully saturated rings. The molecule has 5 atom stereocenters. The highest BCUT2D eigenvalue weighted by molar-refractivity contribution is 5.96. The summed E-state index contributed by atoms with van der Waals surface area (Å²) < 4.78 is 0. The van der Waals surface area contributed by atoms with Crippen LogP contribution in [-0.4, -0.2) is 118 Å². The Morgan fingerprint density at radius 1 is 0.833 bits per heavy atom. The van der Waals surface area contributed by atoms with Gasteiger partial charge in [-0.2, -0.15) is 0 Å². The Morgan fingerprint density at radius 2 is 1.46 bits per heavy atom.